The van der Waals surface area contributed by atoms with Gasteiger partial charge in [0.2, 0.25) is 0 Å². The fourth-order valence-electron chi connectivity index (χ4n) is 3.32. The van der Waals surface area contributed by atoms with Gasteiger partial charge < -0.3 is 9.47 Å². The maximum absolute atomic E-state index is 12.2. The summed E-state index contributed by atoms with van der Waals surface area (Å²) in [5.74, 6) is 0.0748. The summed E-state index contributed by atoms with van der Waals surface area (Å²) in [6.07, 6.45) is 3.84. The van der Waals surface area contributed by atoms with Gasteiger partial charge in [-0.25, -0.2) is 0 Å². The maximum atomic E-state index is 12.2. The summed E-state index contributed by atoms with van der Waals surface area (Å²) >= 11 is 0. The Morgan fingerprint density at radius 2 is 1.80 bits per heavy atom. The number of hydrogen-bond donors (Lipinski definition) is 0. The van der Waals surface area contributed by atoms with Gasteiger partial charge in [-0.2, -0.15) is 0 Å². The highest BCUT2D eigenvalue weighted by molar-refractivity contribution is 5.83. The van der Waals surface area contributed by atoms with Gasteiger partial charge in [-0.05, 0) is 49.3 Å². The van der Waals surface area contributed by atoms with E-state index in [-0.39, 0.29) is 18.0 Å². The molecule has 3 rings (SSSR count). The molecule has 132 valence electrons. The van der Waals surface area contributed by atoms with Gasteiger partial charge in [0.1, 0.15) is 5.78 Å². The lowest BCUT2D eigenvalue weighted by molar-refractivity contribution is -0.169. The summed E-state index contributed by atoms with van der Waals surface area (Å²) < 4.78 is 11.6. The Morgan fingerprint density at radius 1 is 1.08 bits per heavy atom. The molecule has 1 saturated heterocycles. The molecular formula is C22H26O3. The molecule has 2 aromatic rings. The van der Waals surface area contributed by atoms with Crippen LogP contribution in [-0.2, 0) is 27.3 Å². The van der Waals surface area contributed by atoms with E-state index in [0.717, 1.165) is 37.0 Å². The van der Waals surface area contributed by atoms with Crippen molar-refractivity contribution < 1.29 is 14.3 Å². The van der Waals surface area contributed by atoms with Gasteiger partial charge in [0.05, 0.1) is 6.61 Å². The van der Waals surface area contributed by atoms with Crippen molar-refractivity contribution in [2.24, 2.45) is 0 Å². The summed E-state index contributed by atoms with van der Waals surface area (Å²) in [5, 5.41) is 0. The first-order valence-electron chi connectivity index (χ1n) is 9.09. The molecule has 0 spiro atoms. The molecule has 3 heteroatoms. The number of Topliss-reactive ketones (excluding diaryl/α,β-unsaturated/α-hetero) is 1. The molecule has 1 heterocycles. The van der Waals surface area contributed by atoms with Gasteiger partial charge in [0.15, 0.2) is 6.29 Å². The van der Waals surface area contributed by atoms with E-state index in [2.05, 4.69) is 12.1 Å². The normalized spacial score (nSPS) is 18.7. The molecule has 2 atom stereocenters. The lowest BCUT2D eigenvalue weighted by Crippen LogP contribution is -2.22. The Morgan fingerprint density at radius 3 is 2.48 bits per heavy atom. The Hall–Kier alpha value is -1.97. The molecule has 1 aliphatic rings. The van der Waals surface area contributed by atoms with Crippen molar-refractivity contribution in [3.05, 3.63) is 71.3 Å². The topological polar surface area (TPSA) is 35.5 Å². The van der Waals surface area contributed by atoms with Gasteiger partial charge in [-0.3, -0.25) is 4.79 Å². The number of benzene rings is 2. The molecule has 0 bridgehead atoms. The summed E-state index contributed by atoms with van der Waals surface area (Å²) in [6, 6.07) is 18.2. The van der Waals surface area contributed by atoms with Crippen molar-refractivity contribution >= 4 is 5.78 Å². The van der Waals surface area contributed by atoms with E-state index < -0.39 is 0 Å². The molecule has 1 aliphatic heterocycles. The highest BCUT2D eigenvalue weighted by Gasteiger charge is 2.19. The molecule has 3 nitrogen and oxygen atoms in total. The van der Waals surface area contributed by atoms with Crippen molar-refractivity contribution in [1.82, 2.24) is 0 Å². The van der Waals surface area contributed by atoms with Crippen molar-refractivity contribution in [3.63, 3.8) is 0 Å². The predicted molar refractivity (Wildman–Crippen MR) is 98.4 cm³/mol. The van der Waals surface area contributed by atoms with Crippen LogP contribution in [0.2, 0.25) is 0 Å². The maximum Gasteiger partial charge on any atom is 0.158 e. The molecule has 2 aromatic carbocycles. The molecular weight excluding hydrogens is 312 g/mol. The van der Waals surface area contributed by atoms with E-state index in [1.165, 1.54) is 5.56 Å². The Kier molecular flexibility index (Phi) is 6.37. The van der Waals surface area contributed by atoms with Crippen LogP contribution in [0.3, 0.4) is 0 Å². The van der Waals surface area contributed by atoms with Crippen molar-refractivity contribution in [3.8, 4) is 0 Å². The second-order valence-electron chi connectivity index (χ2n) is 6.65. The van der Waals surface area contributed by atoms with E-state index in [1.807, 2.05) is 42.5 Å². The standard InChI is InChI=1S/C22H26O3/c1-17(23)21(18-9-3-2-4-10-18)15-19-11-5-6-12-20(19)16-25-22-13-7-8-14-24-22/h2-6,9-12,21-22H,7-8,13-16H2,1H3. The first-order valence-corrected chi connectivity index (χ1v) is 9.09. The molecule has 2 unspecified atom stereocenters. The third kappa shape index (κ3) is 5.00. The number of carbonyl (C=O) groups is 1. The first-order chi connectivity index (χ1) is 12.2. The molecule has 0 aromatic heterocycles. The second-order valence-corrected chi connectivity index (χ2v) is 6.65. The highest BCUT2D eigenvalue weighted by Crippen LogP contribution is 2.25. The fraction of sp³-hybridized carbons (Fsp3) is 0.409. The van der Waals surface area contributed by atoms with E-state index in [0.29, 0.717) is 13.0 Å². The van der Waals surface area contributed by atoms with E-state index >= 15 is 0 Å². The van der Waals surface area contributed by atoms with Crippen molar-refractivity contribution in [1.29, 1.82) is 0 Å². The summed E-state index contributed by atoms with van der Waals surface area (Å²) in [5.41, 5.74) is 3.38. The second kappa shape index (κ2) is 8.93. The third-order valence-corrected chi connectivity index (χ3v) is 4.80. The van der Waals surface area contributed by atoms with Crippen LogP contribution in [0.25, 0.3) is 0 Å². The molecule has 0 saturated carbocycles. The molecule has 25 heavy (non-hydrogen) atoms. The molecule has 0 amide bonds. The van der Waals surface area contributed by atoms with Gasteiger partial charge in [-0.15, -0.1) is 0 Å². The van der Waals surface area contributed by atoms with Gasteiger partial charge in [0.25, 0.3) is 0 Å². The smallest absolute Gasteiger partial charge is 0.158 e. The minimum Gasteiger partial charge on any atom is -0.353 e. The van der Waals surface area contributed by atoms with Crippen molar-refractivity contribution in [2.75, 3.05) is 6.61 Å². The lowest BCUT2D eigenvalue weighted by atomic mass is 9.87. The predicted octanol–water partition coefficient (Wildman–Crippen LogP) is 4.65. The van der Waals surface area contributed by atoms with E-state index in [9.17, 15) is 4.79 Å². The quantitative estimate of drug-likeness (QED) is 0.737. The number of ketones is 1. The Balaban J connectivity index is 1.71. The zero-order chi connectivity index (χ0) is 17.5. The average molecular weight is 338 g/mol. The zero-order valence-corrected chi connectivity index (χ0v) is 14.8. The molecule has 0 aliphatic carbocycles. The third-order valence-electron chi connectivity index (χ3n) is 4.80. The Bertz CT molecular complexity index is 675. The van der Waals surface area contributed by atoms with E-state index in [4.69, 9.17) is 9.47 Å². The Labute approximate surface area is 150 Å². The van der Waals surface area contributed by atoms with Gasteiger partial charge in [-0.1, -0.05) is 54.6 Å². The van der Waals surface area contributed by atoms with Crippen LogP contribution in [0.15, 0.2) is 54.6 Å². The fourth-order valence-corrected chi connectivity index (χ4v) is 3.32. The van der Waals surface area contributed by atoms with E-state index in [1.54, 1.807) is 6.92 Å². The number of ether oxygens (including phenoxy) is 2. The number of carbonyl (C=O) groups excluding carboxylic acids is 1. The lowest BCUT2D eigenvalue weighted by Gasteiger charge is -2.23. The summed E-state index contributed by atoms with van der Waals surface area (Å²) in [4.78, 5) is 12.2. The first kappa shape index (κ1) is 17.8. The summed E-state index contributed by atoms with van der Waals surface area (Å²) in [6.45, 7) is 2.99. The largest absolute Gasteiger partial charge is 0.353 e. The summed E-state index contributed by atoms with van der Waals surface area (Å²) in [7, 11) is 0. The average Bonchev–Trinajstić information content (AvgIpc) is 2.66. The van der Waals surface area contributed by atoms with Crippen LogP contribution < -0.4 is 0 Å². The zero-order valence-electron chi connectivity index (χ0n) is 14.8. The molecule has 0 N–H and O–H groups in total. The highest BCUT2D eigenvalue weighted by atomic mass is 16.7. The van der Waals surface area contributed by atoms with Gasteiger partial charge in [0, 0.05) is 12.5 Å². The minimum atomic E-state index is -0.117. The van der Waals surface area contributed by atoms with Crippen LogP contribution in [0, 0.1) is 0 Å². The minimum absolute atomic E-state index is 0.0977. The monoisotopic (exact) mass is 338 g/mol. The van der Waals surface area contributed by atoms with Gasteiger partial charge >= 0.3 is 0 Å². The molecule has 0 radical (unpaired) electrons. The number of rotatable bonds is 7. The van der Waals surface area contributed by atoms with Crippen LogP contribution >= 0.6 is 0 Å². The molecule has 1 fully saturated rings. The number of hydrogen-bond acceptors (Lipinski definition) is 3. The van der Waals surface area contributed by atoms with Crippen LogP contribution in [0.4, 0.5) is 0 Å². The van der Waals surface area contributed by atoms with Crippen LogP contribution in [0.1, 0.15) is 48.8 Å². The van der Waals surface area contributed by atoms with Crippen LogP contribution in [-0.4, -0.2) is 18.7 Å². The van der Waals surface area contributed by atoms with Crippen molar-refractivity contribution in [2.45, 2.75) is 51.4 Å². The SMILES string of the molecule is CC(=O)C(Cc1ccccc1COC1CCCCO1)c1ccccc1. The van der Waals surface area contributed by atoms with Crippen LogP contribution in [0.5, 0.6) is 0 Å².